The normalized spacial score (nSPS) is 12.3. The standard InChI is InChI=1S/C16H26N2O3S.ClH/c1-22(20,21)13-11-15(17)16(19)18-12-7-3-6-10-14-8-4-2-5-9-14;/h2,4-5,8-9,15H,3,6-7,10-13,17H2,1H3,(H,18,19);1H. The zero-order valence-corrected chi connectivity index (χ0v) is 15.2. The number of unbranched alkanes of at least 4 members (excludes halogenated alkanes) is 2. The largest absolute Gasteiger partial charge is 0.355 e. The van der Waals surface area contributed by atoms with E-state index >= 15 is 0 Å². The smallest absolute Gasteiger partial charge is 0.236 e. The molecule has 1 atom stereocenters. The van der Waals surface area contributed by atoms with Crippen molar-refractivity contribution >= 4 is 28.2 Å². The van der Waals surface area contributed by atoms with Crippen molar-refractivity contribution in [1.29, 1.82) is 0 Å². The van der Waals surface area contributed by atoms with E-state index in [1.165, 1.54) is 5.56 Å². The van der Waals surface area contributed by atoms with Crippen molar-refractivity contribution in [2.45, 2.75) is 38.1 Å². The SMILES string of the molecule is CS(=O)(=O)CCC(N)C(=O)NCCCCCc1ccccc1.Cl. The van der Waals surface area contributed by atoms with Crippen LogP contribution in [-0.4, -0.2) is 38.9 Å². The van der Waals surface area contributed by atoms with Crippen LogP contribution in [0.25, 0.3) is 0 Å². The van der Waals surface area contributed by atoms with Crippen LogP contribution in [0.4, 0.5) is 0 Å². The Hall–Kier alpha value is -1.11. The van der Waals surface area contributed by atoms with E-state index < -0.39 is 15.9 Å². The van der Waals surface area contributed by atoms with Crippen LogP contribution in [0.3, 0.4) is 0 Å². The zero-order valence-electron chi connectivity index (χ0n) is 13.5. The van der Waals surface area contributed by atoms with Gasteiger partial charge in [0.15, 0.2) is 0 Å². The number of benzene rings is 1. The van der Waals surface area contributed by atoms with Gasteiger partial charge in [0, 0.05) is 12.8 Å². The number of hydrogen-bond donors (Lipinski definition) is 2. The minimum atomic E-state index is -3.07. The number of aryl methyl sites for hydroxylation is 1. The van der Waals surface area contributed by atoms with Gasteiger partial charge in [-0.3, -0.25) is 4.79 Å². The molecule has 23 heavy (non-hydrogen) atoms. The molecule has 1 amide bonds. The number of nitrogens with two attached hydrogens (primary N) is 1. The highest BCUT2D eigenvalue weighted by atomic mass is 35.5. The first-order valence-corrected chi connectivity index (χ1v) is 9.69. The van der Waals surface area contributed by atoms with Crippen LogP contribution >= 0.6 is 12.4 Å². The maximum Gasteiger partial charge on any atom is 0.236 e. The lowest BCUT2D eigenvalue weighted by Gasteiger charge is -2.11. The Balaban J connectivity index is 0.00000484. The van der Waals surface area contributed by atoms with Crippen molar-refractivity contribution in [3.8, 4) is 0 Å². The average molecular weight is 363 g/mol. The number of carbonyl (C=O) groups excluding carboxylic acids is 1. The van der Waals surface area contributed by atoms with Gasteiger partial charge in [-0.1, -0.05) is 36.8 Å². The van der Waals surface area contributed by atoms with Gasteiger partial charge in [-0.2, -0.15) is 0 Å². The van der Waals surface area contributed by atoms with Gasteiger partial charge in [0.1, 0.15) is 9.84 Å². The molecule has 0 aromatic heterocycles. The lowest BCUT2D eigenvalue weighted by molar-refractivity contribution is -0.122. The Bertz CT molecular complexity index is 550. The van der Waals surface area contributed by atoms with E-state index in [2.05, 4.69) is 17.4 Å². The molecule has 0 saturated heterocycles. The van der Waals surface area contributed by atoms with Gasteiger partial charge in [0.2, 0.25) is 5.91 Å². The quantitative estimate of drug-likeness (QED) is 0.620. The van der Waals surface area contributed by atoms with Gasteiger partial charge in [-0.15, -0.1) is 12.4 Å². The fourth-order valence-electron chi connectivity index (χ4n) is 2.09. The highest BCUT2D eigenvalue weighted by Crippen LogP contribution is 2.05. The monoisotopic (exact) mass is 362 g/mol. The van der Waals surface area contributed by atoms with Crippen molar-refractivity contribution in [3.63, 3.8) is 0 Å². The first-order valence-electron chi connectivity index (χ1n) is 7.63. The molecule has 3 N–H and O–H groups in total. The van der Waals surface area contributed by atoms with E-state index in [9.17, 15) is 13.2 Å². The maximum absolute atomic E-state index is 11.7. The summed E-state index contributed by atoms with van der Waals surface area (Å²) in [6.07, 6.45) is 5.37. The fraction of sp³-hybridized carbons (Fsp3) is 0.562. The summed E-state index contributed by atoms with van der Waals surface area (Å²) in [6.45, 7) is 0.584. The second kappa shape index (κ2) is 11.4. The fourth-order valence-corrected chi connectivity index (χ4v) is 2.77. The molecule has 1 aromatic rings. The summed E-state index contributed by atoms with van der Waals surface area (Å²) in [4.78, 5) is 11.7. The third kappa shape index (κ3) is 11.1. The summed E-state index contributed by atoms with van der Waals surface area (Å²) >= 11 is 0. The molecule has 0 bridgehead atoms. The van der Waals surface area contributed by atoms with Crippen LogP contribution in [-0.2, 0) is 21.1 Å². The number of carbonyl (C=O) groups is 1. The molecule has 1 rings (SSSR count). The zero-order chi connectivity index (χ0) is 16.4. The Morgan fingerprint density at radius 3 is 2.43 bits per heavy atom. The molecule has 5 nitrogen and oxygen atoms in total. The summed E-state index contributed by atoms with van der Waals surface area (Å²) in [7, 11) is -3.07. The van der Waals surface area contributed by atoms with E-state index in [0.717, 1.165) is 31.9 Å². The highest BCUT2D eigenvalue weighted by Gasteiger charge is 2.15. The van der Waals surface area contributed by atoms with E-state index in [1.807, 2.05) is 18.2 Å². The molecule has 0 spiro atoms. The Morgan fingerprint density at radius 2 is 1.83 bits per heavy atom. The number of halogens is 1. The van der Waals surface area contributed by atoms with Crippen LogP contribution in [0.5, 0.6) is 0 Å². The lowest BCUT2D eigenvalue weighted by atomic mass is 10.1. The van der Waals surface area contributed by atoms with Crippen LogP contribution in [0.1, 0.15) is 31.2 Å². The molecule has 1 aromatic carbocycles. The summed E-state index contributed by atoms with van der Waals surface area (Å²) in [5, 5.41) is 2.76. The highest BCUT2D eigenvalue weighted by molar-refractivity contribution is 7.90. The summed E-state index contributed by atoms with van der Waals surface area (Å²) < 4.78 is 22.0. The van der Waals surface area contributed by atoms with E-state index in [4.69, 9.17) is 5.73 Å². The first-order chi connectivity index (χ1) is 10.4. The molecule has 0 aliphatic rings. The third-order valence-corrected chi connectivity index (χ3v) is 4.40. The Kier molecular flexibility index (Phi) is 10.9. The second-order valence-corrected chi connectivity index (χ2v) is 7.87. The first kappa shape index (κ1) is 21.9. The predicted octanol–water partition coefficient (Wildman–Crippen LogP) is 1.70. The van der Waals surface area contributed by atoms with Gasteiger partial charge in [-0.05, 0) is 31.2 Å². The topological polar surface area (TPSA) is 89.3 Å². The van der Waals surface area contributed by atoms with Crippen LogP contribution in [0, 0.1) is 0 Å². The molecule has 132 valence electrons. The van der Waals surface area contributed by atoms with Gasteiger partial charge >= 0.3 is 0 Å². The summed E-state index contributed by atoms with van der Waals surface area (Å²) in [5.74, 6) is -0.328. The van der Waals surface area contributed by atoms with Crippen molar-refractivity contribution in [2.24, 2.45) is 5.73 Å². The molecule has 0 aliphatic carbocycles. The number of sulfone groups is 1. The number of amides is 1. The minimum Gasteiger partial charge on any atom is -0.355 e. The molecule has 0 radical (unpaired) electrons. The van der Waals surface area contributed by atoms with Crippen molar-refractivity contribution in [1.82, 2.24) is 5.32 Å². The summed E-state index contributed by atoms with van der Waals surface area (Å²) in [5.41, 5.74) is 6.99. The molecule has 7 heteroatoms. The summed E-state index contributed by atoms with van der Waals surface area (Å²) in [6, 6.07) is 9.55. The Morgan fingerprint density at radius 1 is 1.17 bits per heavy atom. The number of nitrogens with one attached hydrogen (secondary N) is 1. The lowest BCUT2D eigenvalue weighted by Crippen LogP contribution is -2.41. The Labute approximate surface area is 145 Å². The second-order valence-electron chi connectivity index (χ2n) is 5.61. The molecule has 1 unspecified atom stereocenters. The number of rotatable bonds is 10. The molecule has 0 aliphatic heterocycles. The molecular weight excluding hydrogens is 336 g/mol. The number of hydrogen-bond acceptors (Lipinski definition) is 4. The van der Waals surface area contributed by atoms with E-state index in [1.54, 1.807) is 0 Å². The van der Waals surface area contributed by atoms with E-state index in [-0.39, 0.29) is 30.5 Å². The van der Waals surface area contributed by atoms with Gasteiger partial charge in [0.25, 0.3) is 0 Å². The van der Waals surface area contributed by atoms with Gasteiger partial charge in [-0.25, -0.2) is 8.42 Å². The maximum atomic E-state index is 11.7. The van der Waals surface area contributed by atoms with E-state index in [0.29, 0.717) is 6.54 Å². The molecule has 0 fully saturated rings. The third-order valence-electron chi connectivity index (χ3n) is 3.42. The van der Waals surface area contributed by atoms with Crippen molar-refractivity contribution < 1.29 is 13.2 Å². The van der Waals surface area contributed by atoms with Crippen LogP contribution in [0.15, 0.2) is 30.3 Å². The van der Waals surface area contributed by atoms with Gasteiger partial charge < -0.3 is 11.1 Å². The van der Waals surface area contributed by atoms with Crippen LogP contribution < -0.4 is 11.1 Å². The van der Waals surface area contributed by atoms with Crippen LogP contribution in [0.2, 0.25) is 0 Å². The average Bonchev–Trinajstić information content (AvgIpc) is 2.48. The van der Waals surface area contributed by atoms with Crippen molar-refractivity contribution in [3.05, 3.63) is 35.9 Å². The molecule has 0 heterocycles. The molecular formula is C16H27ClN2O3S. The predicted molar refractivity (Wildman–Crippen MR) is 96.6 cm³/mol. The minimum absolute atomic E-state index is 0. The van der Waals surface area contributed by atoms with Gasteiger partial charge in [0.05, 0.1) is 11.8 Å². The van der Waals surface area contributed by atoms with Crippen molar-refractivity contribution in [2.75, 3.05) is 18.6 Å². The molecule has 0 saturated carbocycles.